The molecule has 1 aromatic rings. The van der Waals surface area contributed by atoms with Gasteiger partial charge >= 0.3 is 5.97 Å². The van der Waals surface area contributed by atoms with Crippen molar-refractivity contribution in [2.75, 3.05) is 20.3 Å². The number of hydrogen-bond acceptors (Lipinski definition) is 4. The minimum atomic E-state index is -0.943. The topological polar surface area (TPSA) is 55.8 Å². The summed E-state index contributed by atoms with van der Waals surface area (Å²) in [4.78, 5) is 12.1. The summed E-state index contributed by atoms with van der Waals surface area (Å²) in [6.45, 7) is 3.75. The molecule has 4 heteroatoms. The van der Waals surface area contributed by atoms with Gasteiger partial charge in [0.25, 0.3) is 0 Å². The Morgan fingerprint density at radius 3 is 2.55 bits per heavy atom. The molecular weight excluding hydrogens is 280 g/mol. The summed E-state index contributed by atoms with van der Waals surface area (Å²) >= 11 is 0. The van der Waals surface area contributed by atoms with Crippen LogP contribution < -0.4 is 4.74 Å². The zero-order valence-electron chi connectivity index (χ0n) is 13.3. The molecular formula is C18H22O4. The minimum absolute atomic E-state index is 0.0647. The molecule has 0 radical (unpaired) electrons. The molecule has 0 aliphatic heterocycles. The summed E-state index contributed by atoms with van der Waals surface area (Å²) in [7, 11) is 1.60. The highest BCUT2D eigenvalue weighted by Crippen LogP contribution is 2.23. The molecule has 0 spiro atoms. The number of carbonyl (C=O) groups is 1. The first-order valence-corrected chi connectivity index (χ1v) is 7.16. The number of aliphatic hydroxyl groups is 1. The molecule has 4 nitrogen and oxygen atoms in total. The number of ether oxygens (including phenoxy) is 2. The molecule has 0 aromatic heterocycles. The predicted molar refractivity (Wildman–Crippen MR) is 85.5 cm³/mol. The molecule has 22 heavy (non-hydrogen) atoms. The van der Waals surface area contributed by atoms with E-state index in [0.29, 0.717) is 13.0 Å². The predicted octanol–water partition coefficient (Wildman–Crippen LogP) is 2.55. The second-order valence-electron chi connectivity index (χ2n) is 4.89. The number of benzene rings is 1. The third kappa shape index (κ3) is 5.27. The zero-order valence-corrected chi connectivity index (χ0v) is 13.3. The van der Waals surface area contributed by atoms with Crippen molar-refractivity contribution in [1.82, 2.24) is 0 Å². The third-order valence-electron chi connectivity index (χ3n) is 3.10. The number of carbonyl (C=O) groups excluding carboxylic acids is 1. The SMILES string of the molecule is CCOC(=O)C(C)(C#Cc1ccc(OC)cc1)C/C=C/CO. The van der Waals surface area contributed by atoms with Crippen molar-refractivity contribution >= 4 is 5.97 Å². The van der Waals surface area contributed by atoms with E-state index >= 15 is 0 Å². The molecule has 0 bridgehead atoms. The normalized spacial score (nSPS) is 13.1. The Balaban J connectivity index is 2.98. The molecule has 0 saturated heterocycles. The van der Waals surface area contributed by atoms with Gasteiger partial charge in [0.05, 0.1) is 20.3 Å². The highest BCUT2D eigenvalue weighted by molar-refractivity contribution is 5.80. The molecule has 1 atom stereocenters. The molecule has 0 aliphatic rings. The van der Waals surface area contributed by atoms with Crippen molar-refractivity contribution in [3.63, 3.8) is 0 Å². The van der Waals surface area contributed by atoms with Crippen molar-refractivity contribution in [3.8, 4) is 17.6 Å². The van der Waals surface area contributed by atoms with Gasteiger partial charge in [-0.15, -0.1) is 0 Å². The Labute approximate surface area is 131 Å². The van der Waals surface area contributed by atoms with Crippen LogP contribution in [0.2, 0.25) is 0 Å². The Hall–Kier alpha value is -2.25. The number of esters is 1. The van der Waals surface area contributed by atoms with E-state index in [-0.39, 0.29) is 12.6 Å². The Morgan fingerprint density at radius 2 is 2.00 bits per heavy atom. The van der Waals surface area contributed by atoms with E-state index in [1.54, 1.807) is 33.1 Å². The van der Waals surface area contributed by atoms with Crippen LogP contribution in [-0.4, -0.2) is 31.4 Å². The zero-order chi connectivity index (χ0) is 16.4. The molecule has 0 amide bonds. The molecule has 1 unspecified atom stereocenters. The molecule has 0 saturated carbocycles. The van der Waals surface area contributed by atoms with Crippen molar-refractivity contribution in [1.29, 1.82) is 0 Å². The van der Waals surface area contributed by atoms with Gasteiger partial charge in [0, 0.05) is 5.56 Å². The first-order chi connectivity index (χ1) is 10.6. The van der Waals surface area contributed by atoms with Gasteiger partial charge in [0.15, 0.2) is 0 Å². The standard InChI is InChI=1S/C18H22O4/c1-4-22-17(20)18(2,12-5-6-14-19)13-11-15-7-9-16(21-3)10-8-15/h5-10,19H,4,12,14H2,1-3H3/b6-5+. The van der Waals surface area contributed by atoms with Crippen LogP contribution in [-0.2, 0) is 9.53 Å². The number of rotatable bonds is 6. The first kappa shape index (κ1) is 17.8. The Bertz CT molecular complexity index is 563. The summed E-state index contributed by atoms with van der Waals surface area (Å²) in [6.07, 6.45) is 3.71. The van der Waals surface area contributed by atoms with Gasteiger partial charge in [-0.2, -0.15) is 0 Å². The fraction of sp³-hybridized carbons (Fsp3) is 0.389. The van der Waals surface area contributed by atoms with E-state index in [1.807, 2.05) is 24.3 Å². The molecule has 0 fully saturated rings. The summed E-state index contributed by atoms with van der Waals surface area (Å²) < 4.78 is 10.2. The lowest BCUT2D eigenvalue weighted by Crippen LogP contribution is -2.28. The Kier molecular flexibility index (Phi) is 7.21. The second kappa shape index (κ2) is 8.91. The van der Waals surface area contributed by atoms with Crippen LogP contribution in [0.25, 0.3) is 0 Å². The molecule has 0 aliphatic carbocycles. The maximum Gasteiger partial charge on any atom is 0.324 e. The van der Waals surface area contributed by atoms with Crippen molar-refractivity contribution < 1.29 is 19.4 Å². The van der Waals surface area contributed by atoms with Crippen molar-refractivity contribution in [2.24, 2.45) is 5.41 Å². The lowest BCUT2D eigenvalue weighted by Gasteiger charge is -2.19. The van der Waals surface area contributed by atoms with E-state index in [1.165, 1.54) is 0 Å². The lowest BCUT2D eigenvalue weighted by atomic mass is 9.87. The average Bonchev–Trinajstić information content (AvgIpc) is 2.54. The maximum absolute atomic E-state index is 12.1. The van der Waals surface area contributed by atoms with Crippen molar-refractivity contribution in [3.05, 3.63) is 42.0 Å². The number of hydrogen-bond donors (Lipinski definition) is 1. The van der Waals surface area contributed by atoms with Crippen LogP contribution in [0.3, 0.4) is 0 Å². The molecule has 1 rings (SSSR count). The van der Waals surface area contributed by atoms with E-state index < -0.39 is 5.41 Å². The summed E-state index contributed by atoms with van der Waals surface area (Å²) in [5.74, 6) is 6.39. The highest BCUT2D eigenvalue weighted by Gasteiger charge is 2.31. The summed E-state index contributed by atoms with van der Waals surface area (Å²) in [5.41, 5.74) is -0.149. The largest absolute Gasteiger partial charge is 0.497 e. The van der Waals surface area contributed by atoms with Gasteiger partial charge in [-0.1, -0.05) is 24.0 Å². The molecule has 118 valence electrons. The monoisotopic (exact) mass is 302 g/mol. The van der Waals surface area contributed by atoms with E-state index in [4.69, 9.17) is 14.6 Å². The first-order valence-electron chi connectivity index (χ1n) is 7.16. The number of allylic oxidation sites excluding steroid dienone is 1. The smallest absolute Gasteiger partial charge is 0.324 e. The summed E-state index contributed by atoms with van der Waals surface area (Å²) in [5, 5.41) is 8.81. The van der Waals surface area contributed by atoms with Gasteiger partial charge in [-0.05, 0) is 44.5 Å². The second-order valence-corrected chi connectivity index (χ2v) is 4.89. The third-order valence-corrected chi connectivity index (χ3v) is 3.10. The van der Waals surface area contributed by atoms with Gasteiger partial charge in [-0.3, -0.25) is 4.79 Å². The Morgan fingerprint density at radius 1 is 1.32 bits per heavy atom. The van der Waals surface area contributed by atoms with Crippen LogP contribution in [0.15, 0.2) is 36.4 Å². The van der Waals surface area contributed by atoms with Gasteiger partial charge in [0.1, 0.15) is 11.2 Å². The van der Waals surface area contributed by atoms with Gasteiger partial charge in [0.2, 0.25) is 0 Å². The fourth-order valence-corrected chi connectivity index (χ4v) is 1.75. The number of aliphatic hydroxyl groups excluding tert-OH is 1. The lowest BCUT2D eigenvalue weighted by molar-refractivity contribution is -0.150. The average molecular weight is 302 g/mol. The minimum Gasteiger partial charge on any atom is -0.497 e. The fourth-order valence-electron chi connectivity index (χ4n) is 1.75. The highest BCUT2D eigenvalue weighted by atomic mass is 16.5. The summed E-state index contributed by atoms with van der Waals surface area (Å²) in [6, 6.07) is 7.30. The van der Waals surface area contributed by atoms with Crippen molar-refractivity contribution in [2.45, 2.75) is 20.3 Å². The van der Waals surface area contributed by atoms with Crippen LogP contribution in [0, 0.1) is 17.3 Å². The number of methoxy groups -OCH3 is 1. The van der Waals surface area contributed by atoms with Crippen LogP contribution in [0.5, 0.6) is 5.75 Å². The van der Waals surface area contributed by atoms with E-state index in [9.17, 15) is 4.79 Å². The van der Waals surface area contributed by atoms with Crippen LogP contribution in [0.4, 0.5) is 0 Å². The maximum atomic E-state index is 12.1. The molecule has 0 heterocycles. The molecule has 1 aromatic carbocycles. The van der Waals surface area contributed by atoms with Crippen LogP contribution in [0.1, 0.15) is 25.8 Å². The van der Waals surface area contributed by atoms with Gasteiger partial charge < -0.3 is 14.6 Å². The van der Waals surface area contributed by atoms with Crippen LogP contribution >= 0.6 is 0 Å². The quantitative estimate of drug-likeness (QED) is 0.498. The van der Waals surface area contributed by atoms with E-state index in [2.05, 4.69) is 11.8 Å². The van der Waals surface area contributed by atoms with E-state index in [0.717, 1.165) is 11.3 Å². The van der Waals surface area contributed by atoms with Gasteiger partial charge in [-0.25, -0.2) is 0 Å². The molecule has 1 N–H and O–H groups in total.